The van der Waals surface area contributed by atoms with E-state index in [4.69, 9.17) is 0 Å². The van der Waals surface area contributed by atoms with Crippen LogP contribution in [0.25, 0.3) is 0 Å². The van der Waals surface area contributed by atoms with Crippen LogP contribution >= 0.6 is 0 Å². The molecule has 1 aliphatic carbocycles. The van der Waals surface area contributed by atoms with Crippen LogP contribution in [-0.2, 0) is 13.7 Å². The number of hydrogen-bond donors (Lipinski definition) is 1. The molecular weight excluding hydrogens is 264 g/mol. The van der Waals surface area contributed by atoms with Crippen molar-refractivity contribution in [2.24, 2.45) is 13.0 Å². The van der Waals surface area contributed by atoms with Gasteiger partial charge in [-0.1, -0.05) is 12.2 Å². The molecule has 1 aliphatic heterocycles. The Morgan fingerprint density at radius 3 is 2.62 bits per heavy atom. The van der Waals surface area contributed by atoms with Gasteiger partial charge in [-0.3, -0.25) is 0 Å². The summed E-state index contributed by atoms with van der Waals surface area (Å²) in [6.45, 7) is 3.54. The van der Waals surface area contributed by atoms with Gasteiger partial charge in [-0.25, -0.2) is 0 Å². The van der Waals surface area contributed by atoms with Gasteiger partial charge in [-0.05, 0) is 51.1 Å². The van der Waals surface area contributed by atoms with Crippen molar-refractivity contribution in [2.45, 2.75) is 44.6 Å². The third-order valence-electron chi connectivity index (χ3n) is 4.99. The maximum atomic E-state index is 9.22. The molecule has 0 aromatic carbocycles. The fourth-order valence-corrected chi connectivity index (χ4v) is 3.63. The van der Waals surface area contributed by atoms with Gasteiger partial charge in [0.25, 0.3) is 0 Å². The minimum atomic E-state index is -0.0302. The van der Waals surface area contributed by atoms with E-state index in [1.54, 1.807) is 0 Å². The first-order valence-electron chi connectivity index (χ1n) is 8.14. The molecule has 1 fully saturated rings. The molecule has 0 spiro atoms. The topological polar surface area (TPSA) is 54.2 Å². The monoisotopic (exact) mass is 290 g/mol. The molecule has 0 unspecified atom stereocenters. The smallest absolute Gasteiger partial charge is 0.158 e. The van der Waals surface area contributed by atoms with Crippen molar-refractivity contribution in [1.29, 1.82) is 0 Å². The predicted octanol–water partition coefficient (Wildman–Crippen LogP) is 1.84. The molecule has 0 radical (unpaired) electrons. The SMILES string of the molecule is Cn1c(CO)nnc1C1CCN(C[C@@H]2CC=CCC2)CC1. The molecule has 21 heavy (non-hydrogen) atoms. The Hall–Kier alpha value is -1.20. The lowest BCUT2D eigenvalue weighted by Gasteiger charge is -2.34. The van der Waals surface area contributed by atoms with E-state index in [1.165, 1.54) is 25.8 Å². The molecule has 3 rings (SSSR count). The van der Waals surface area contributed by atoms with E-state index in [-0.39, 0.29) is 6.61 Å². The molecule has 1 N–H and O–H groups in total. The molecule has 5 heteroatoms. The molecule has 2 heterocycles. The van der Waals surface area contributed by atoms with Gasteiger partial charge in [0.1, 0.15) is 12.4 Å². The number of aliphatic hydroxyl groups excluding tert-OH is 1. The number of nitrogens with zero attached hydrogens (tertiary/aromatic N) is 4. The third kappa shape index (κ3) is 3.35. The number of piperidine rings is 1. The molecule has 116 valence electrons. The van der Waals surface area contributed by atoms with Crippen LogP contribution in [0.4, 0.5) is 0 Å². The Morgan fingerprint density at radius 2 is 2.00 bits per heavy atom. The summed E-state index contributed by atoms with van der Waals surface area (Å²) in [6.07, 6.45) is 10.8. The lowest BCUT2D eigenvalue weighted by Crippen LogP contribution is -2.37. The van der Waals surface area contributed by atoms with Crippen LogP contribution in [0.15, 0.2) is 12.2 Å². The summed E-state index contributed by atoms with van der Waals surface area (Å²) < 4.78 is 1.96. The Labute approximate surface area is 126 Å². The fraction of sp³-hybridized carbons (Fsp3) is 0.750. The molecule has 2 aliphatic rings. The van der Waals surface area contributed by atoms with E-state index >= 15 is 0 Å². The van der Waals surface area contributed by atoms with Gasteiger partial charge in [-0.15, -0.1) is 10.2 Å². The minimum Gasteiger partial charge on any atom is -0.388 e. The van der Waals surface area contributed by atoms with Gasteiger partial charge in [0, 0.05) is 19.5 Å². The van der Waals surface area contributed by atoms with Gasteiger partial charge < -0.3 is 14.6 Å². The van der Waals surface area contributed by atoms with Crippen molar-refractivity contribution in [3.05, 3.63) is 23.8 Å². The second-order valence-corrected chi connectivity index (χ2v) is 6.42. The quantitative estimate of drug-likeness (QED) is 0.860. The third-order valence-corrected chi connectivity index (χ3v) is 4.99. The van der Waals surface area contributed by atoms with Crippen molar-refractivity contribution in [3.63, 3.8) is 0 Å². The zero-order chi connectivity index (χ0) is 14.7. The highest BCUT2D eigenvalue weighted by Crippen LogP contribution is 2.28. The first-order chi connectivity index (χ1) is 10.3. The minimum absolute atomic E-state index is 0.0302. The molecule has 0 amide bonds. The standard InChI is InChI=1S/C16H26N4O/c1-19-15(12-21)17-18-16(19)14-7-9-20(10-8-14)11-13-5-3-2-4-6-13/h2-3,13-14,21H,4-12H2,1H3/t13-/m1/s1. The molecule has 0 bridgehead atoms. The first-order valence-corrected chi connectivity index (χ1v) is 8.14. The second-order valence-electron chi connectivity index (χ2n) is 6.42. The molecule has 0 saturated carbocycles. The summed E-state index contributed by atoms with van der Waals surface area (Å²) in [6, 6.07) is 0. The van der Waals surface area contributed by atoms with Crippen LogP contribution in [-0.4, -0.2) is 44.4 Å². The summed E-state index contributed by atoms with van der Waals surface area (Å²) in [5.74, 6) is 3.05. The Balaban J connectivity index is 1.52. The van der Waals surface area contributed by atoms with Gasteiger partial charge in [0.05, 0.1) is 0 Å². The average molecular weight is 290 g/mol. The van der Waals surface area contributed by atoms with Crippen molar-refractivity contribution < 1.29 is 5.11 Å². The lowest BCUT2D eigenvalue weighted by atomic mass is 9.91. The van der Waals surface area contributed by atoms with Crippen LogP contribution in [0.1, 0.15) is 49.7 Å². The van der Waals surface area contributed by atoms with E-state index < -0.39 is 0 Å². The number of aromatic nitrogens is 3. The normalized spacial score (nSPS) is 24.6. The number of aliphatic hydroxyl groups is 1. The highest BCUT2D eigenvalue weighted by molar-refractivity contribution is 5.03. The lowest BCUT2D eigenvalue weighted by molar-refractivity contribution is 0.174. The fourth-order valence-electron chi connectivity index (χ4n) is 3.63. The van der Waals surface area contributed by atoms with E-state index in [0.29, 0.717) is 11.7 Å². The summed E-state index contributed by atoms with van der Waals surface area (Å²) in [4.78, 5) is 2.61. The van der Waals surface area contributed by atoms with Gasteiger partial charge in [-0.2, -0.15) is 0 Å². The molecular formula is C16H26N4O. The van der Waals surface area contributed by atoms with Gasteiger partial charge in [0.15, 0.2) is 5.82 Å². The zero-order valence-corrected chi connectivity index (χ0v) is 12.9. The molecule has 1 aromatic rings. The summed E-state index contributed by atoms with van der Waals surface area (Å²) in [7, 11) is 1.96. The maximum absolute atomic E-state index is 9.22. The number of likely N-dealkylation sites (tertiary alicyclic amines) is 1. The van der Waals surface area contributed by atoms with Crippen LogP contribution in [0.3, 0.4) is 0 Å². The van der Waals surface area contributed by atoms with E-state index in [1.807, 2.05) is 11.6 Å². The molecule has 5 nitrogen and oxygen atoms in total. The Bertz CT molecular complexity index is 488. The molecule has 1 atom stereocenters. The summed E-state index contributed by atoms with van der Waals surface area (Å²) >= 11 is 0. The summed E-state index contributed by atoms with van der Waals surface area (Å²) in [5, 5.41) is 17.6. The van der Waals surface area contributed by atoms with E-state index in [2.05, 4.69) is 27.2 Å². The average Bonchev–Trinajstić information content (AvgIpc) is 2.90. The Morgan fingerprint density at radius 1 is 1.19 bits per heavy atom. The zero-order valence-electron chi connectivity index (χ0n) is 12.9. The second kappa shape index (κ2) is 6.71. The predicted molar refractivity (Wildman–Crippen MR) is 81.8 cm³/mol. The van der Waals surface area contributed by atoms with Crippen LogP contribution < -0.4 is 0 Å². The number of rotatable bonds is 4. The van der Waals surface area contributed by atoms with Gasteiger partial charge >= 0.3 is 0 Å². The Kier molecular flexibility index (Phi) is 4.70. The van der Waals surface area contributed by atoms with Crippen molar-refractivity contribution in [3.8, 4) is 0 Å². The van der Waals surface area contributed by atoms with E-state index in [9.17, 15) is 5.11 Å². The van der Waals surface area contributed by atoms with Crippen molar-refractivity contribution in [1.82, 2.24) is 19.7 Å². The number of hydrogen-bond acceptors (Lipinski definition) is 4. The van der Waals surface area contributed by atoms with Crippen LogP contribution in [0, 0.1) is 5.92 Å². The van der Waals surface area contributed by atoms with E-state index in [0.717, 1.165) is 37.7 Å². The first kappa shape index (κ1) is 14.7. The van der Waals surface area contributed by atoms with Crippen LogP contribution in [0.2, 0.25) is 0 Å². The van der Waals surface area contributed by atoms with Crippen molar-refractivity contribution >= 4 is 0 Å². The highest BCUT2D eigenvalue weighted by atomic mass is 16.3. The highest BCUT2D eigenvalue weighted by Gasteiger charge is 2.26. The van der Waals surface area contributed by atoms with Crippen LogP contribution in [0.5, 0.6) is 0 Å². The molecule has 1 saturated heterocycles. The number of allylic oxidation sites excluding steroid dienone is 2. The maximum Gasteiger partial charge on any atom is 0.158 e. The summed E-state index contributed by atoms with van der Waals surface area (Å²) in [5.41, 5.74) is 0. The van der Waals surface area contributed by atoms with Crippen molar-refractivity contribution in [2.75, 3.05) is 19.6 Å². The largest absolute Gasteiger partial charge is 0.388 e. The molecule has 1 aromatic heterocycles. The van der Waals surface area contributed by atoms with Gasteiger partial charge in [0.2, 0.25) is 0 Å².